The minimum atomic E-state index is 0.532. The molecule has 4 nitrogen and oxygen atoms in total. The molecule has 0 aliphatic carbocycles. The van der Waals surface area contributed by atoms with Crippen LogP contribution in [0.4, 0.5) is 11.5 Å². The molecule has 0 spiro atoms. The standard InChI is InChI=1S/C16H32N4/c1-7-10-14-15(17)16(19(6)18-14)20(11-12(4)5)13(8-2)9-3/h12-13H,7-11,17H2,1-6H3. The van der Waals surface area contributed by atoms with Crippen LogP contribution in [0, 0.1) is 5.92 Å². The molecule has 0 unspecified atom stereocenters. The largest absolute Gasteiger partial charge is 0.394 e. The Morgan fingerprint density at radius 2 is 1.80 bits per heavy atom. The van der Waals surface area contributed by atoms with Gasteiger partial charge in [0.1, 0.15) is 0 Å². The van der Waals surface area contributed by atoms with E-state index in [4.69, 9.17) is 5.73 Å². The normalized spacial score (nSPS) is 11.6. The minimum absolute atomic E-state index is 0.532. The SMILES string of the molecule is CCCc1nn(C)c(N(CC(C)C)C(CC)CC)c1N. The summed E-state index contributed by atoms with van der Waals surface area (Å²) in [5, 5.41) is 4.63. The number of aromatic nitrogens is 2. The highest BCUT2D eigenvalue weighted by Crippen LogP contribution is 2.30. The molecular weight excluding hydrogens is 248 g/mol. The lowest BCUT2D eigenvalue weighted by molar-refractivity contribution is 0.495. The Bertz CT molecular complexity index is 405. The number of aryl methyl sites for hydroxylation is 2. The van der Waals surface area contributed by atoms with Crippen molar-refractivity contribution in [2.24, 2.45) is 13.0 Å². The first-order valence-electron chi connectivity index (χ1n) is 8.04. The summed E-state index contributed by atoms with van der Waals surface area (Å²) >= 11 is 0. The zero-order valence-corrected chi connectivity index (χ0v) is 14.1. The number of nitrogens with zero attached hydrogens (tertiary/aromatic N) is 3. The molecule has 0 aliphatic heterocycles. The Hall–Kier alpha value is -1.19. The topological polar surface area (TPSA) is 47.1 Å². The summed E-state index contributed by atoms with van der Waals surface area (Å²) in [6, 6.07) is 0.532. The maximum absolute atomic E-state index is 6.39. The molecule has 2 N–H and O–H groups in total. The van der Waals surface area contributed by atoms with Gasteiger partial charge in [-0.1, -0.05) is 41.0 Å². The Morgan fingerprint density at radius 1 is 1.20 bits per heavy atom. The molecule has 116 valence electrons. The van der Waals surface area contributed by atoms with E-state index in [0.29, 0.717) is 12.0 Å². The van der Waals surface area contributed by atoms with Crippen molar-refractivity contribution < 1.29 is 0 Å². The first-order valence-corrected chi connectivity index (χ1v) is 8.04. The van der Waals surface area contributed by atoms with Gasteiger partial charge in [0.15, 0.2) is 5.82 Å². The Labute approximate surface area is 124 Å². The third-order valence-electron chi connectivity index (χ3n) is 3.83. The van der Waals surface area contributed by atoms with Gasteiger partial charge in [0.2, 0.25) is 0 Å². The van der Waals surface area contributed by atoms with E-state index in [1.54, 1.807) is 0 Å². The van der Waals surface area contributed by atoms with Crippen molar-refractivity contribution in [3.63, 3.8) is 0 Å². The molecule has 0 amide bonds. The van der Waals surface area contributed by atoms with Gasteiger partial charge < -0.3 is 10.6 Å². The molecule has 4 heteroatoms. The van der Waals surface area contributed by atoms with Gasteiger partial charge in [-0.3, -0.25) is 4.68 Å². The summed E-state index contributed by atoms with van der Waals surface area (Å²) < 4.78 is 1.97. The smallest absolute Gasteiger partial charge is 0.150 e. The molecule has 1 heterocycles. The van der Waals surface area contributed by atoms with Crippen LogP contribution in [0.3, 0.4) is 0 Å². The molecule has 0 bridgehead atoms. The Kier molecular flexibility index (Phi) is 6.37. The average molecular weight is 280 g/mol. The third kappa shape index (κ3) is 3.68. The van der Waals surface area contributed by atoms with Gasteiger partial charge in [0.25, 0.3) is 0 Å². The van der Waals surface area contributed by atoms with Gasteiger partial charge in [0, 0.05) is 19.6 Å². The zero-order chi connectivity index (χ0) is 15.3. The van der Waals surface area contributed by atoms with Crippen LogP contribution in [-0.2, 0) is 13.5 Å². The molecule has 0 atom stereocenters. The van der Waals surface area contributed by atoms with Gasteiger partial charge in [-0.25, -0.2) is 0 Å². The monoisotopic (exact) mass is 280 g/mol. The van der Waals surface area contributed by atoms with Crippen LogP contribution in [0.15, 0.2) is 0 Å². The predicted molar refractivity (Wildman–Crippen MR) is 88.2 cm³/mol. The van der Waals surface area contributed by atoms with Crippen LogP contribution in [0.5, 0.6) is 0 Å². The maximum Gasteiger partial charge on any atom is 0.150 e. The van der Waals surface area contributed by atoms with E-state index in [9.17, 15) is 0 Å². The summed E-state index contributed by atoms with van der Waals surface area (Å²) in [6.07, 6.45) is 4.31. The molecule has 0 saturated heterocycles. The summed E-state index contributed by atoms with van der Waals surface area (Å²) in [5.41, 5.74) is 8.31. The van der Waals surface area contributed by atoms with Crippen LogP contribution >= 0.6 is 0 Å². The van der Waals surface area contributed by atoms with Crippen molar-refractivity contribution in [2.45, 2.75) is 66.3 Å². The van der Waals surface area contributed by atoms with Crippen LogP contribution in [-0.4, -0.2) is 22.4 Å². The van der Waals surface area contributed by atoms with Gasteiger partial charge in [0.05, 0.1) is 11.4 Å². The highest BCUT2D eigenvalue weighted by molar-refractivity contribution is 5.67. The molecule has 1 aromatic rings. The fourth-order valence-electron chi connectivity index (χ4n) is 2.88. The van der Waals surface area contributed by atoms with E-state index in [0.717, 1.165) is 49.4 Å². The van der Waals surface area contributed by atoms with E-state index in [1.807, 2.05) is 11.7 Å². The Morgan fingerprint density at radius 3 is 2.25 bits per heavy atom. The van der Waals surface area contributed by atoms with E-state index < -0.39 is 0 Å². The van der Waals surface area contributed by atoms with Gasteiger partial charge in [-0.15, -0.1) is 0 Å². The minimum Gasteiger partial charge on any atom is -0.394 e. The van der Waals surface area contributed by atoms with Crippen molar-refractivity contribution >= 4 is 11.5 Å². The molecule has 0 aliphatic rings. The summed E-state index contributed by atoms with van der Waals surface area (Å²) in [7, 11) is 2.01. The average Bonchev–Trinajstić information content (AvgIpc) is 2.65. The third-order valence-corrected chi connectivity index (χ3v) is 3.83. The van der Waals surface area contributed by atoms with Crippen LogP contribution in [0.25, 0.3) is 0 Å². The lowest BCUT2D eigenvalue weighted by atomic mass is 10.1. The first kappa shape index (κ1) is 16.9. The number of hydrogen-bond acceptors (Lipinski definition) is 3. The molecule has 0 fully saturated rings. The summed E-state index contributed by atoms with van der Waals surface area (Å²) in [4.78, 5) is 2.46. The highest BCUT2D eigenvalue weighted by Gasteiger charge is 2.24. The van der Waals surface area contributed by atoms with Crippen molar-refractivity contribution in [3.05, 3.63) is 5.69 Å². The molecule has 1 aromatic heterocycles. The number of nitrogen functional groups attached to an aromatic ring is 1. The maximum atomic E-state index is 6.39. The number of anilines is 2. The molecule has 1 rings (SSSR count). The van der Waals surface area contributed by atoms with Gasteiger partial charge in [-0.05, 0) is 25.2 Å². The predicted octanol–water partition coefficient (Wildman–Crippen LogP) is 3.61. The quantitative estimate of drug-likeness (QED) is 0.791. The van der Waals surface area contributed by atoms with Crippen molar-refractivity contribution in [1.29, 1.82) is 0 Å². The molecule has 0 radical (unpaired) electrons. The number of hydrogen-bond donors (Lipinski definition) is 1. The molecular formula is C16H32N4. The first-order chi connectivity index (χ1) is 9.46. The molecule has 0 aromatic carbocycles. The van der Waals surface area contributed by atoms with Crippen molar-refractivity contribution in [1.82, 2.24) is 9.78 Å². The molecule has 20 heavy (non-hydrogen) atoms. The van der Waals surface area contributed by atoms with Crippen LogP contribution in [0.2, 0.25) is 0 Å². The second-order valence-electron chi connectivity index (χ2n) is 6.07. The Balaban J connectivity index is 3.18. The fourth-order valence-corrected chi connectivity index (χ4v) is 2.88. The molecule has 0 saturated carbocycles. The lowest BCUT2D eigenvalue weighted by Gasteiger charge is -2.34. The summed E-state index contributed by atoms with van der Waals surface area (Å²) in [5.74, 6) is 1.72. The van der Waals surface area contributed by atoms with Crippen LogP contribution < -0.4 is 10.6 Å². The highest BCUT2D eigenvalue weighted by atomic mass is 15.4. The van der Waals surface area contributed by atoms with Gasteiger partial charge >= 0.3 is 0 Å². The number of rotatable bonds is 8. The summed E-state index contributed by atoms with van der Waals surface area (Å²) in [6.45, 7) is 12.2. The number of nitrogens with two attached hydrogens (primary N) is 1. The van der Waals surface area contributed by atoms with E-state index in [1.165, 1.54) is 0 Å². The second kappa shape index (κ2) is 7.55. The van der Waals surface area contributed by atoms with E-state index >= 15 is 0 Å². The van der Waals surface area contributed by atoms with Crippen molar-refractivity contribution in [3.8, 4) is 0 Å². The van der Waals surface area contributed by atoms with Crippen LogP contribution in [0.1, 0.15) is 59.6 Å². The van der Waals surface area contributed by atoms with E-state index in [-0.39, 0.29) is 0 Å². The van der Waals surface area contributed by atoms with Gasteiger partial charge in [-0.2, -0.15) is 5.10 Å². The lowest BCUT2D eigenvalue weighted by Crippen LogP contribution is -2.39. The van der Waals surface area contributed by atoms with Crippen molar-refractivity contribution in [2.75, 3.05) is 17.2 Å². The second-order valence-corrected chi connectivity index (χ2v) is 6.07. The van der Waals surface area contributed by atoms with E-state index in [2.05, 4.69) is 44.6 Å². The fraction of sp³-hybridized carbons (Fsp3) is 0.812. The zero-order valence-electron chi connectivity index (χ0n) is 14.1.